The molecule has 3 aromatic rings. The van der Waals surface area contributed by atoms with E-state index in [0.717, 1.165) is 40.7 Å². The number of carbonyl (C=O) groups excluding carboxylic acids is 2. The molecule has 34 heavy (non-hydrogen) atoms. The molecule has 0 saturated carbocycles. The van der Waals surface area contributed by atoms with Gasteiger partial charge in [-0.15, -0.1) is 0 Å². The number of hydrogen-bond donors (Lipinski definition) is 0. The molecule has 10 heteroatoms. The monoisotopic (exact) mass is 512 g/mol. The van der Waals surface area contributed by atoms with E-state index in [9.17, 15) is 22.8 Å². The first-order valence-corrected chi connectivity index (χ1v) is 11.5. The molecule has 0 amide bonds. The van der Waals surface area contributed by atoms with Crippen molar-refractivity contribution in [1.82, 2.24) is 0 Å². The van der Waals surface area contributed by atoms with Crippen LogP contribution in [-0.2, 0) is 20.5 Å². The fourth-order valence-electron chi connectivity index (χ4n) is 2.93. The first-order chi connectivity index (χ1) is 16.1. The van der Waals surface area contributed by atoms with E-state index in [1.165, 1.54) is 0 Å². The second-order valence-electron chi connectivity index (χ2n) is 7.09. The van der Waals surface area contributed by atoms with Gasteiger partial charge in [-0.1, -0.05) is 35.5 Å². The van der Waals surface area contributed by atoms with E-state index in [4.69, 9.17) is 25.8 Å². The summed E-state index contributed by atoms with van der Waals surface area (Å²) in [5, 5.41) is 1.09. The number of benzene rings is 3. The lowest BCUT2D eigenvalue weighted by Crippen LogP contribution is -2.22. The molecule has 0 aliphatic carbocycles. The average molecular weight is 513 g/mol. The van der Waals surface area contributed by atoms with Crippen molar-refractivity contribution in [3.05, 3.63) is 65.2 Å². The second-order valence-corrected chi connectivity index (χ2v) is 8.48. The topological polar surface area (TPSA) is 61.8 Å². The highest BCUT2D eigenvalue weighted by Gasteiger charge is 2.31. The lowest BCUT2D eigenvalue weighted by molar-refractivity contribution is -0.140. The van der Waals surface area contributed by atoms with Gasteiger partial charge in [0, 0.05) is 0 Å². The highest BCUT2D eigenvalue weighted by Crippen LogP contribution is 2.37. The molecular weight excluding hydrogens is 493 g/mol. The highest BCUT2D eigenvalue weighted by atomic mass is 35.5. The van der Waals surface area contributed by atoms with Gasteiger partial charge in [-0.05, 0) is 67.1 Å². The Morgan fingerprint density at radius 1 is 1.00 bits per heavy atom. The Morgan fingerprint density at radius 2 is 1.68 bits per heavy atom. The summed E-state index contributed by atoms with van der Waals surface area (Å²) in [5.41, 5.74) is -0.866. The molecule has 0 aliphatic rings. The van der Waals surface area contributed by atoms with Gasteiger partial charge >= 0.3 is 12.1 Å². The largest absolute Gasteiger partial charge is 0.482 e. The standard InChI is InChI=1S/C24H20ClF3O5S/c1-3-31-22(29)13-34-23(30)14(2)32-18-7-4-15-5-8-19(11-16(15)10-18)33-21-9-6-17(12-20(21)25)24(26,27)28/h4-12,14H,3,13H2,1-2H3. The van der Waals surface area contributed by atoms with Crippen LogP contribution in [0, 0.1) is 0 Å². The van der Waals surface area contributed by atoms with Crippen molar-refractivity contribution in [2.24, 2.45) is 0 Å². The van der Waals surface area contributed by atoms with Gasteiger partial charge in [0.05, 0.1) is 22.9 Å². The predicted molar refractivity (Wildman–Crippen MR) is 125 cm³/mol. The Kier molecular flexibility index (Phi) is 8.33. The summed E-state index contributed by atoms with van der Waals surface area (Å²) in [5.74, 6) is 0.305. The lowest BCUT2D eigenvalue weighted by Gasteiger charge is -2.14. The fourth-order valence-corrected chi connectivity index (χ4v) is 3.77. The van der Waals surface area contributed by atoms with Crippen LogP contribution in [0.2, 0.25) is 5.02 Å². The number of hydrogen-bond acceptors (Lipinski definition) is 6. The zero-order valence-electron chi connectivity index (χ0n) is 18.1. The molecule has 180 valence electrons. The molecule has 0 saturated heterocycles. The summed E-state index contributed by atoms with van der Waals surface area (Å²) in [7, 11) is 0. The van der Waals surface area contributed by atoms with Gasteiger partial charge in [0.1, 0.15) is 17.2 Å². The van der Waals surface area contributed by atoms with Gasteiger partial charge in [0.15, 0.2) is 6.10 Å². The smallest absolute Gasteiger partial charge is 0.416 e. The first-order valence-electron chi connectivity index (χ1n) is 10.1. The van der Waals surface area contributed by atoms with Gasteiger partial charge in [-0.2, -0.15) is 13.2 Å². The van der Waals surface area contributed by atoms with Crippen molar-refractivity contribution >= 4 is 45.2 Å². The maximum absolute atomic E-state index is 12.8. The molecule has 0 N–H and O–H groups in total. The normalized spacial score (nSPS) is 12.3. The minimum Gasteiger partial charge on any atom is -0.482 e. The SMILES string of the molecule is CCOC(=O)CSC(=O)C(C)Oc1ccc2ccc(Oc3ccc(C(F)(F)F)cc3Cl)cc2c1. The van der Waals surface area contributed by atoms with Gasteiger partial charge in [0.25, 0.3) is 0 Å². The van der Waals surface area contributed by atoms with Crippen LogP contribution in [0.5, 0.6) is 17.2 Å². The Bertz CT molecular complexity index is 1200. The summed E-state index contributed by atoms with van der Waals surface area (Å²) in [4.78, 5) is 23.6. The molecule has 5 nitrogen and oxygen atoms in total. The van der Waals surface area contributed by atoms with Gasteiger partial charge in [0.2, 0.25) is 5.12 Å². The van der Waals surface area contributed by atoms with Gasteiger partial charge in [-0.3, -0.25) is 9.59 Å². The van der Waals surface area contributed by atoms with E-state index in [2.05, 4.69) is 0 Å². The van der Waals surface area contributed by atoms with E-state index in [0.29, 0.717) is 11.5 Å². The third-order valence-corrected chi connectivity index (χ3v) is 5.84. The first kappa shape index (κ1) is 25.7. The van der Waals surface area contributed by atoms with Crippen LogP contribution in [0.3, 0.4) is 0 Å². The fraction of sp³-hybridized carbons (Fsp3) is 0.250. The maximum atomic E-state index is 12.8. The molecule has 3 rings (SSSR count). The van der Waals surface area contributed by atoms with E-state index in [1.54, 1.807) is 50.2 Å². The third kappa shape index (κ3) is 6.80. The molecule has 3 aromatic carbocycles. The number of halogens is 4. The van der Waals surface area contributed by atoms with E-state index >= 15 is 0 Å². The summed E-state index contributed by atoms with van der Waals surface area (Å²) in [6, 6.07) is 13.2. The molecule has 0 bridgehead atoms. The van der Waals surface area contributed by atoms with Crippen LogP contribution in [0.15, 0.2) is 54.6 Å². The van der Waals surface area contributed by atoms with E-state index in [-0.39, 0.29) is 28.2 Å². The number of rotatable bonds is 8. The van der Waals surface area contributed by atoms with Crippen LogP contribution < -0.4 is 9.47 Å². The molecule has 1 atom stereocenters. The molecule has 1 unspecified atom stereocenters. The molecule has 0 spiro atoms. The third-order valence-electron chi connectivity index (χ3n) is 4.55. The Hall–Kier alpha value is -2.91. The maximum Gasteiger partial charge on any atom is 0.416 e. The molecular formula is C24H20ClF3O5S. The van der Waals surface area contributed by atoms with Crippen molar-refractivity contribution < 1.29 is 37.0 Å². The van der Waals surface area contributed by atoms with Crippen molar-refractivity contribution in [1.29, 1.82) is 0 Å². The highest BCUT2D eigenvalue weighted by molar-refractivity contribution is 8.14. The van der Waals surface area contributed by atoms with Crippen molar-refractivity contribution in [2.75, 3.05) is 12.4 Å². The van der Waals surface area contributed by atoms with Crippen LogP contribution in [0.25, 0.3) is 10.8 Å². The predicted octanol–water partition coefficient (Wildman–Crippen LogP) is 6.89. The summed E-state index contributed by atoms with van der Waals surface area (Å²) in [6.07, 6.45) is -5.31. The van der Waals surface area contributed by atoms with E-state index < -0.39 is 23.8 Å². The minimum atomic E-state index is -4.50. The summed E-state index contributed by atoms with van der Waals surface area (Å²) in [6.45, 7) is 3.51. The van der Waals surface area contributed by atoms with Crippen molar-refractivity contribution in [3.63, 3.8) is 0 Å². The molecule has 0 fully saturated rings. The molecule has 0 heterocycles. The number of esters is 1. The van der Waals surface area contributed by atoms with Crippen LogP contribution in [0.4, 0.5) is 13.2 Å². The van der Waals surface area contributed by atoms with Crippen LogP contribution in [0.1, 0.15) is 19.4 Å². The number of thioether (sulfide) groups is 1. The Morgan fingerprint density at radius 3 is 2.32 bits per heavy atom. The van der Waals surface area contributed by atoms with Crippen molar-refractivity contribution in [2.45, 2.75) is 26.1 Å². The zero-order chi connectivity index (χ0) is 24.9. The number of ether oxygens (including phenoxy) is 3. The Balaban J connectivity index is 1.71. The van der Waals surface area contributed by atoms with E-state index in [1.807, 2.05) is 0 Å². The van der Waals surface area contributed by atoms with Crippen LogP contribution >= 0.6 is 23.4 Å². The number of alkyl halides is 3. The summed E-state index contributed by atoms with van der Waals surface area (Å²) < 4.78 is 54.7. The molecule has 0 aromatic heterocycles. The van der Waals surface area contributed by atoms with Gasteiger partial charge in [-0.25, -0.2) is 0 Å². The minimum absolute atomic E-state index is 0.0827. The summed E-state index contributed by atoms with van der Waals surface area (Å²) >= 11 is 6.79. The molecule has 0 aliphatic heterocycles. The number of fused-ring (bicyclic) bond motifs is 1. The van der Waals surface area contributed by atoms with Gasteiger partial charge < -0.3 is 14.2 Å². The average Bonchev–Trinajstić information content (AvgIpc) is 2.78. The van der Waals surface area contributed by atoms with Crippen molar-refractivity contribution in [3.8, 4) is 17.2 Å². The number of carbonyl (C=O) groups is 2. The second kappa shape index (κ2) is 11.0. The Labute approximate surface area is 203 Å². The molecule has 0 radical (unpaired) electrons. The lowest BCUT2D eigenvalue weighted by atomic mass is 10.1. The zero-order valence-corrected chi connectivity index (χ0v) is 19.7. The van der Waals surface area contributed by atoms with Crippen LogP contribution in [-0.4, -0.2) is 29.5 Å². The quantitative estimate of drug-likeness (QED) is 0.306.